The Morgan fingerprint density at radius 2 is 2.09 bits per heavy atom. The van der Waals surface area contributed by atoms with Gasteiger partial charge >= 0.3 is 12.1 Å². The molecule has 0 saturated carbocycles. The number of benzene rings is 1. The van der Waals surface area contributed by atoms with Crippen molar-refractivity contribution in [2.75, 3.05) is 33.4 Å². The minimum atomic E-state index is -0.570. The van der Waals surface area contributed by atoms with Crippen molar-refractivity contribution < 1.29 is 28.5 Å². The van der Waals surface area contributed by atoms with E-state index in [1.165, 1.54) is 24.5 Å². The highest BCUT2D eigenvalue weighted by Gasteiger charge is 2.29. The van der Waals surface area contributed by atoms with Crippen LogP contribution in [0.2, 0.25) is 5.02 Å². The van der Waals surface area contributed by atoms with Crippen molar-refractivity contribution in [3.8, 4) is 16.3 Å². The molecule has 8 nitrogen and oxygen atoms in total. The van der Waals surface area contributed by atoms with E-state index in [2.05, 4.69) is 4.98 Å². The Labute approximate surface area is 196 Å². The van der Waals surface area contributed by atoms with E-state index in [4.69, 9.17) is 30.5 Å². The Balaban J connectivity index is 1.75. The maximum absolute atomic E-state index is 12.4. The predicted molar refractivity (Wildman–Crippen MR) is 122 cm³/mol. The van der Waals surface area contributed by atoms with Gasteiger partial charge in [0.25, 0.3) is 0 Å². The van der Waals surface area contributed by atoms with Gasteiger partial charge in [-0.1, -0.05) is 11.6 Å². The van der Waals surface area contributed by atoms with Crippen LogP contribution in [0.25, 0.3) is 10.6 Å². The molecule has 1 atom stereocenters. The molecule has 1 aromatic carbocycles. The monoisotopic (exact) mass is 482 g/mol. The molecule has 0 N–H and O–H groups in total. The number of nitrogens with zero attached hydrogens (tertiary/aromatic N) is 2. The molecule has 0 bridgehead atoms. The van der Waals surface area contributed by atoms with Crippen LogP contribution in [-0.4, -0.2) is 67.1 Å². The van der Waals surface area contributed by atoms with E-state index < -0.39 is 11.6 Å². The number of carbonyl (C=O) groups excluding carboxylic acids is 2. The molecule has 0 unspecified atom stereocenters. The molecule has 0 radical (unpaired) electrons. The number of aromatic nitrogens is 1. The number of ether oxygens (including phenoxy) is 4. The third-order valence-electron chi connectivity index (χ3n) is 4.53. The van der Waals surface area contributed by atoms with Crippen LogP contribution in [0.4, 0.5) is 4.79 Å². The molecule has 1 aliphatic rings. The molecule has 0 aliphatic carbocycles. The van der Waals surface area contributed by atoms with Gasteiger partial charge in [-0.05, 0) is 39.8 Å². The molecule has 32 heavy (non-hydrogen) atoms. The third kappa shape index (κ3) is 6.11. The summed E-state index contributed by atoms with van der Waals surface area (Å²) < 4.78 is 22.0. The first kappa shape index (κ1) is 24.3. The second kappa shape index (κ2) is 10.1. The SMILES string of the molecule is COC(=O)c1cc(OC[C@H]2CN(C(=O)OC(C)(C)C)CCO2)cc(-c2ncc(C)s2)c1Cl. The zero-order chi connectivity index (χ0) is 23.5. The Morgan fingerprint density at radius 1 is 1.34 bits per heavy atom. The Bertz CT molecular complexity index is 987. The normalized spacial score (nSPS) is 16.6. The fraction of sp³-hybridized carbons (Fsp3) is 0.500. The highest BCUT2D eigenvalue weighted by molar-refractivity contribution is 7.15. The lowest BCUT2D eigenvalue weighted by atomic mass is 10.1. The zero-order valence-electron chi connectivity index (χ0n) is 18.8. The largest absolute Gasteiger partial charge is 0.491 e. The lowest BCUT2D eigenvalue weighted by Gasteiger charge is -2.34. The van der Waals surface area contributed by atoms with Crippen molar-refractivity contribution in [1.82, 2.24) is 9.88 Å². The third-order valence-corrected chi connectivity index (χ3v) is 5.88. The van der Waals surface area contributed by atoms with Gasteiger partial charge in [0.15, 0.2) is 0 Å². The summed E-state index contributed by atoms with van der Waals surface area (Å²) >= 11 is 7.94. The zero-order valence-corrected chi connectivity index (χ0v) is 20.3. The molecule has 2 aromatic rings. The number of esters is 1. The summed E-state index contributed by atoms with van der Waals surface area (Å²) in [5.41, 5.74) is 0.205. The van der Waals surface area contributed by atoms with Gasteiger partial charge in [0.2, 0.25) is 0 Å². The lowest BCUT2D eigenvalue weighted by molar-refractivity contribution is -0.0557. The standard InChI is InChI=1S/C22H27ClN2O6S/c1-13-10-24-19(32-13)16-8-14(9-17(18(16)23)20(26)28-5)30-12-15-11-25(6-7-29-15)21(27)31-22(2,3)4/h8-10,15H,6-7,11-12H2,1-5H3/t15-/m1/s1. The number of rotatable bonds is 5. The van der Waals surface area contributed by atoms with Crippen LogP contribution < -0.4 is 4.74 Å². The summed E-state index contributed by atoms with van der Waals surface area (Å²) in [5.74, 6) is -0.143. The quantitative estimate of drug-likeness (QED) is 0.576. The van der Waals surface area contributed by atoms with Crippen LogP contribution in [0.3, 0.4) is 0 Å². The van der Waals surface area contributed by atoms with Crippen molar-refractivity contribution in [3.63, 3.8) is 0 Å². The van der Waals surface area contributed by atoms with Gasteiger partial charge in [-0.15, -0.1) is 11.3 Å². The summed E-state index contributed by atoms with van der Waals surface area (Å²) in [7, 11) is 1.29. The first-order valence-corrected chi connectivity index (χ1v) is 11.3. The second-order valence-electron chi connectivity index (χ2n) is 8.33. The number of thiazole rings is 1. The van der Waals surface area contributed by atoms with Gasteiger partial charge < -0.3 is 23.8 Å². The minimum absolute atomic E-state index is 0.178. The number of hydrogen-bond donors (Lipinski definition) is 0. The highest BCUT2D eigenvalue weighted by atomic mass is 35.5. The smallest absolute Gasteiger partial charge is 0.410 e. The Kier molecular flexibility index (Phi) is 7.63. The van der Waals surface area contributed by atoms with Crippen LogP contribution in [0.5, 0.6) is 5.75 Å². The van der Waals surface area contributed by atoms with Crippen LogP contribution in [0, 0.1) is 6.92 Å². The summed E-state index contributed by atoms with van der Waals surface area (Å²) in [6.45, 7) is 8.76. The van der Waals surface area contributed by atoms with Crippen LogP contribution in [0.15, 0.2) is 18.3 Å². The van der Waals surface area contributed by atoms with Gasteiger partial charge in [0.05, 0.1) is 30.8 Å². The molecular formula is C22H27ClN2O6S. The van der Waals surface area contributed by atoms with Gasteiger partial charge in [0, 0.05) is 23.2 Å². The molecule has 0 spiro atoms. The highest BCUT2D eigenvalue weighted by Crippen LogP contribution is 2.37. The average molecular weight is 483 g/mol. The number of hydrogen-bond acceptors (Lipinski definition) is 8. The Morgan fingerprint density at radius 3 is 2.72 bits per heavy atom. The predicted octanol–water partition coefficient (Wildman–Crippen LogP) is 4.57. The lowest BCUT2D eigenvalue weighted by Crippen LogP contribution is -2.49. The number of methoxy groups -OCH3 is 1. The molecule has 3 rings (SSSR count). The molecule has 10 heteroatoms. The number of amides is 1. The first-order valence-electron chi connectivity index (χ1n) is 10.1. The first-order chi connectivity index (χ1) is 15.1. The van der Waals surface area contributed by atoms with E-state index in [0.29, 0.717) is 36.0 Å². The van der Waals surface area contributed by atoms with E-state index in [1.54, 1.807) is 17.2 Å². The van der Waals surface area contributed by atoms with Gasteiger partial charge in [-0.2, -0.15) is 0 Å². The fourth-order valence-corrected chi connectivity index (χ4v) is 4.19. The number of carbonyl (C=O) groups is 2. The van der Waals surface area contributed by atoms with E-state index in [9.17, 15) is 9.59 Å². The summed E-state index contributed by atoms with van der Waals surface area (Å²) in [5, 5.41) is 0.927. The maximum atomic E-state index is 12.4. The van der Waals surface area contributed by atoms with Crippen molar-refractivity contribution in [1.29, 1.82) is 0 Å². The van der Waals surface area contributed by atoms with E-state index in [1.807, 2.05) is 27.7 Å². The molecule has 1 saturated heterocycles. The van der Waals surface area contributed by atoms with Gasteiger partial charge in [-0.3, -0.25) is 0 Å². The molecular weight excluding hydrogens is 456 g/mol. The van der Waals surface area contributed by atoms with E-state index in [-0.39, 0.29) is 29.4 Å². The van der Waals surface area contributed by atoms with Crippen molar-refractivity contribution >= 4 is 35.0 Å². The summed E-state index contributed by atoms with van der Waals surface area (Å²) in [6.07, 6.45) is 1.01. The Hall–Kier alpha value is -2.36. The molecule has 174 valence electrons. The number of halogens is 1. The molecule has 1 aromatic heterocycles. The summed E-state index contributed by atoms with van der Waals surface area (Å²) in [4.78, 5) is 31.6. The van der Waals surface area contributed by atoms with Crippen LogP contribution in [-0.2, 0) is 14.2 Å². The minimum Gasteiger partial charge on any atom is -0.491 e. The van der Waals surface area contributed by atoms with Crippen LogP contribution in [0.1, 0.15) is 36.0 Å². The maximum Gasteiger partial charge on any atom is 0.410 e. The van der Waals surface area contributed by atoms with Crippen molar-refractivity contribution in [2.45, 2.75) is 39.4 Å². The van der Waals surface area contributed by atoms with E-state index in [0.717, 1.165) is 4.88 Å². The molecule has 1 amide bonds. The molecule has 2 heterocycles. The van der Waals surface area contributed by atoms with Crippen LogP contribution >= 0.6 is 22.9 Å². The topological polar surface area (TPSA) is 87.2 Å². The second-order valence-corrected chi connectivity index (χ2v) is 9.94. The molecule has 1 aliphatic heterocycles. The van der Waals surface area contributed by atoms with Gasteiger partial charge in [0.1, 0.15) is 29.1 Å². The fourth-order valence-electron chi connectivity index (χ4n) is 3.08. The van der Waals surface area contributed by atoms with Crippen molar-refractivity contribution in [3.05, 3.63) is 33.8 Å². The molecule has 1 fully saturated rings. The average Bonchev–Trinajstić information content (AvgIpc) is 3.17. The van der Waals surface area contributed by atoms with E-state index >= 15 is 0 Å². The summed E-state index contributed by atoms with van der Waals surface area (Å²) in [6, 6.07) is 3.27. The number of aryl methyl sites for hydroxylation is 1. The number of morpholine rings is 1. The van der Waals surface area contributed by atoms with Crippen molar-refractivity contribution in [2.24, 2.45) is 0 Å². The van der Waals surface area contributed by atoms with Gasteiger partial charge in [-0.25, -0.2) is 14.6 Å².